The predicted molar refractivity (Wildman–Crippen MR) is 139 cm³/mol. The largest absolute Gasteiger partial charge is 0.366 e. The van der Waals surface area contributed by atoms with Gasteiger partial charge in [-0.15, -0.1) is 0 Å². The summed E-state index contributed by atoms with van der Waals surface area (Å²) in [4.78, 5) is 0. The van der Waals surface area contributed by atoms with Crippen LogP contribution < -0.4 is 9.88 Å². The smallest absolute Gasteiger partial charge is 0.161 e. The maximum atomic E-state index is 3.69. The fourth-order valence-electron chi connectivity index (χ4n) is 6.60. The molecule has 4 atom stereocenters. The molecule has 3 aromatic rings. The number of hydrogen-bond donors (Lipinski definition) is 1. The van der Waals surface area contributed by atoms with Gasteiger partial charge in [0, 0.05) is 0 Å². The van der Waals surface area contributed by atoms with Crippen molar-refractivity contribution in [1.29, 1.82) is 0 Å². The minimum atomic E-state index is -2.02. The van der Waals surface area contributed by atoms with E-state index in [0.29, 0.717) is 23.3 Å². The highest BCUT2D eigenvalue weighted by Crippen LogP contribution is 2.60. The molecule has 0 bridgehead atoms. The zero-order valence-electron chi connectivity index (χ0n) is 18.8. The van der Waals surface area contributed by atoms with Gasteiger partial charge in [-0.3, -0.25) is 0 Å². The number of para-hydroxylation sites is 4. The Morgan fingerprint density at radius 3 is 2.03 bits per heavy atom. The van der Waals surface area contributed by atoms with Crippen LogP contribution in [-0.4, -0.2) is 8.24 Å². The molecule has 1 fully saturated rings. The van der Waals surface area contributed by atoms with E-state index in [0.717, 1.165) is 0 Å². The van der Waals surface area contributed by atoms with Crippen LogP contribution in [0.25, 0.3) is 0 Å². The maximum Gasteiger partial charge on any atom is 0.161 e. The molecule has 32 heavy (non-hydrogen) atoms. The van der Waals surface area contributed by atoms with Crippen molar-refractivity contribution >= 4 is 31.0 Å². The van der Waals surface area contributed by atoms with Crippen LogP contribution in [0, 0.1) is 11.8 Å². The topological polar surface area (TPSA) is 15.3 Å². The lowest BCUT2D eigenvalue weighted by atomic mass is 9.92. The number of hydrogen-bond acceptors (Lipinski definition) is 2. The molecule has 1 saturated carbocycles. The lowest BCUT2D eigenvalue weighted by molar-refractivity contribution is 0.543. The molecule has 0 aromatic heterocycles. The Labute approximate surface area is 192 Å². The second-order valence-corrected chi connectivity index (χ2v) is 14.4. The van der Waals surface area contributed by atoms with E-state index in [2.05, 4.69) is 126 Å². The van der Waals surface area contributed by atoms with Gasteiger partial charge in [0.1, 0.15) is 0 Å². The Morgan fingerprint density at radius 1 is 0.750 bits per heavy atom. The molecule has 1 aliphatic heterocycles. The van der Waals surface area contributed by atoms with Crippen LogP contribution in [0.3, 0.4) is 0 Å². The Bertz CT molecular complexity index is 1150. The molecule has 160 valence electrons. The first-order valence-corrected chi connectivity index (χ1v) is 14.8. The van der Waals surface area contributed by atoms with Crippen LogP contribution in [0.5, 0.6) is 0 Å². The lowest BCUT2D eigenvalue weighted by Crippen LogP contribution is -2.53. The van der Waals surface area contributed by atoms with Crippen molar-refractivity contribution in [2.75, 3.05) is 9.88 Å². The second-order valence-electron chi connectivity index (χ2n) is 9.94. The molecule has 1 heterocycles. The first-order valence-electron chi connectivity index (χ1n) is 11.8. The predicted octanol–water partition coefficient (Wildman–Crippen LogP) is 8.00. The molecule has 2 nitrogen and oxygen atoms in total. The summed E-state index contributed by atoms with van der Waals surface area (Å²) in [6.07, 6.45) is 10.8. The average molecular weight is 435 g/mol. The molecule has 0 amide bonds. The van der Waals surface area contributed by atoms with Crippen molar-refractivity contribution in [3.63, 3.8) is 0 Å². The normalized spacial score (nSPS) is 25.6. The number of benzene rings is 3. The van der Waals surface area contributed by atoms with Crippen LogP contribution in [-0.2, 0) is 0 Å². The molecule has 0 radical (unpaired) electrons. The molecule has 0 spiro atoms. The quantitative estimate of drug-likeness (QED) is 0.420. The van der Waals surface area contributed by atoms with Gasteiger partial charge in [0.05, 0.1) is 22.7 Å². The summed E-state index contributed by atoms with van der Waals surface area (Å²) in [7, 11) is -2.02. The summed E-state index contributed by atoms with van der Waals surface area (Å²) >= 11 is 0. The van der Waals surface area contributed by atoms with Crippen LogP contribution in [0.15, 0.2) is 103 Å². The Kier molecular flexibility index (Phi) is 4.62. The third kappa shape index (κ3) is 2.99. The Balaban J connectivity index is 1.52. The first kappa shape index (κ1) is 19.6. The molecule has 3 aromatic carbocycles. The zero-order valence-corrected chi connectivity index (χ0v) is 19.8. The second kappa shape index (κ2) is 7.53. The summed E-state index contributed by atoms with van der Waals surface area (Å²) < 4.78 is 2.75. The van der Waals surface area contributed by atoms with Gasteiger partial charge >= 0.3 is 0 Å². The minimum absolute atomic E-state index is 0.578. The fourth-order valence-corrected chi connectivity index (χ4v) is 11.1. The van der Waals surface area contributed by atoms with Crippen LogP contribution in [0.4, 0.5) is 22.7 Å². The lowest BCUT2D eigenvalue weighted by Gasteiger charge is -2.49. The van der Waals surface area contributed by atoms with Gasteiger partial charge in [-0.25, -0.2) is 0 Å². The van der Waals surface area contributed by atoms with Crippen molar-refractivity contribution in [3.05, 3.63) is 109 Å². The van der Waals surface area contributed by atoms with Crippen molar-refractivity contribution < 1.29 is 0 Å². The summed E-state index contributed by atoms with van der Waals surface area (Å²) in [5.41, 5.74) is 7.22. The summed E-state index contributed by atoms with van der Waals surface area (Å²) in [5.74, 6) is 1.81. The fraction of sp³-hybridized carbons (Fsp3) is 0.241. The van der Waals surface area contributed by atoms with Crippen molar-refractivity contribution in [3.8, 4) is 0 Å². The minimum Gasteiger partial charge on any atom is -0.366 e. The maximum absolute atomic E-state index is 3.69. The molecule has 6 rings (SSSR count). The SMILES string of the molecule is C[Si](C)(C1[C@H]2C=CC=C[C@H]2C[C@H]1c1ccccc1)N1c2ccccc2Nc2ccccc21. The number of allylic oxidation sites excluding steroid dienone is 4. The number of anilines is 4. The number of nitrogens with zero attached hydrogens (tertiary/aromatic N) is 1. The van der Waals surface area contributed by atoms with E-state index >= 15 is 0 Å². The van der Waals surface area contributed by atoms with Crippen molar-refractivity contribution in [1.82, 2.24) is 0 Å². The van der Waals surface area contributed by atoms with E-state index < -0.39 is 8.24 Å². The highest BCUT2D eigenvalue weighted by atomic mass is 28.3. The van der Waals surface area contributed by atoms with E-state index in [9.17, 15) is 0 Å². The molecule has 1 N–H and O–H groups in total. The highest BCUT2D eigenvalue weighted by molar-refractivity contribution is 6.84. The van der Waals surface area contributed by atoms with Crippen LogP contribution >= 0.6 is 0 Å². The van der Waals surface area contributed by atoms with E-state index in [1.807, 2.05) is 0 Å². The van der Waals surface area contributed by atoms with Crippen LogP contribution in [0.2, 0.25) is 18.6 Å². The molecule has 0 saturated heterocycles. The highest BCUT2D eigenvalue weighted by Gasteiger charge is 2.54. The number of fused-ring (bicyclic) bond motifs is 3. The molecule has 1 unspecified atom stereocenters. The number of nitrogens with one attached hydrogen (secondary N) is 1. The van der Waals surface area contributed by atoms with Gasteiger partial charge in [0.15, 0.2) is 8.24 Å². The van der Waals surface area contributed by atoms with Gasteiger partial charge in [0.25, 0.3) is 0 Å². The molecule has 2 aliphatic carbocycles. The van der Waals surface area contributed by atoms with Crippen LogP contribution in [0.1, 0.15) is 17.9 Å². The van der Waals surface area contributed by atoms with E-state index in [-0.39, 0.29) is 0 Å². The van der Waals surface area contributed by atoms with Gasteiger partial charge in [-0.05, 0) is 59.5 Å². The van der Waals surface area contributed by atoms with E-state index in [4.69, 9.17) is 0 Å². The van der Waals surface area contributed by atoms with Gasteiger partial charge in [0.2, 0.25) is 0 Å². The zero-order chi connectivity index (χ0) is 21.7. The monoisotopic (exact) mass is 434 g/mol. The summed E-state index contributed by atoms with van der Waals surface area (Å²) in [6.45, 7) is 5.20. The third-order valence-corrected chi connectivity index (χ3v) is 11.9. The first-order chi connectivity index (χ1) is 15.6. The van der Waals surface area contributed by atoms with Gasteiger partial charge in [-0.1, -0.05) is 92.0 Å². The van der Waals surface area contributed by atoms with Crippen molar-refractivity contribution in [2.24, 2.45) is 11.8 Å². The summed E-state index contributed by atoms with van der Waals surface area (Å²) in [5, 5.41) is 3.69. The molecular formula is C29H30N2Si. The third-order valence-electron chi connectivity index (χ3n) is 7.85. The molecular weight excluding hydrogens is 404 g/mol. The van der Waals surface area contributed by atoms with E-state index in [1.54, 1.807) is 0 Å². The number of rotatable bonds is 3. The Morgan fingerprint density at radius 2 is 1.34 bits per heavy atom. The standard InChI is InChI=1S/C29H30N2Si/c1-32(2,31-27-18-10-8-16-25(27)30-26-17-9-11-19-28(26)31)29-23-15-7-6-14-22(23)20-24(29)21-12-4-3-5-13-21/h3-19,22-24,29-30H,20H2,1-2H3/t22-,23-,24-,29?/m0/s1. The molecule has 3 aliphatic rings. The molecule has 3 heteroatoms. The summed E-state index contributed by atoms with van der Waals surface area (Å²) in [6, 6.07) is 29.0. The van der Waals surface area contributed by atoms with Crippen molar-refractivity contribution in [2.45, 2.75) is 31.0 Å². The van der Waals surface area contributed by atoms with E-state index in [1.165, 1.54) is 34.7 Å². The Hall–Kier alpha value is -3.04. The average Bonchev–Trinajstić information content (AvgIpc) is 3.23. The van der Waals surface area contributed by atoms with Gasteiger partial charge in [-0.2, -0.15) is 0 Å². The van der Waals surface area contributed by atoms with Gasteiger partial charge < -0.3 is 9.88 Å².